The van der Waals surface area contributed by atoms with Crippen molar-refractivity contribution in [1.82, 2.24) is 4.90 Å². The van der Waals surface area contributed by atoms with Gasteiger partial charge in [0.15, 0.2) is 16.9 Å². The molecule has 1 aliphatic heterocycles. The molecule has 7 heteroatoms. The number of phenolic OH excluding ortho intramolecular Hbond substituents is 1. The monoisotopic (exact) mass is 423 g/mol. The molecule has 0 saturated heterocycles. The predicted molar refractivity (Wildman–Crippen MR) is 116 cm³/mol. The number of aromatic hydroxyl groups is 1. The highest BCUT2D eigenvalue weighted by Crippen LogP contribution is 2.41. The van der Waals surface area contributed by atoms with Gasteiger partial charge in [0.1, 0.15) is 5.58 Å². The van der Waals surface area contributed by atoms with Crippen molar-refractivity contribution in [1.29, 1.82) is 0 Å². The van der Waals surface area contributed by atoms with Crippen LogP contribution in [0.2, 0.25) is 0 Å². The molecule has 0 aliphatic carbocycles. The molecular weight excluding hydrogens is 398 g/mol. The van der Waals surface area contributed by atoms with Crippen LogP contribution in [0.4, 0.5) is 0 Å². The van der Waals surface area contributed by atoms with E-state index >= 15 is 0 Å². The van der Waals surface area contributed by atoms with Crippen molar-refractivity contribution in [2.45, 2.75) is 26.3 Å². The second-order valence-electron chi connectivity index (χ2n) is 7.81. The van der Waals surface area contributed by atoms with E-state index in [1.54, 1.807) is 30.2 Å². The van der Waals surface area contributed by atoms with Gasteiger partial charge in [-0.25, -0.2) is 0 Å². The smallest absolute Gasteiger partial charge is 0.290 e. The van der Waals surface area contributed by atoms with Crippen molar-refractivity contribution in [2.24, 2.45) is 0 Å². The lowest BCUT2D eigenvalue weighted by molar-refractivity contribution is 0.0707. The number of phenols is 1. The summed E-state index contributed by atoms with van der Waals surface area (Å²) in [4.78, 5) is 28.6. The molecule has 0 saturated carbocycles. The van der Waals surface area contributed by atoms with E-state index in [4.69, 9.17) is 13.9 Å². The third kappa shape index (κ3) is 3.45. The number of hydrogen-bond acceptors (Lipinski definition) is 6. The first-order valence-corrected chi connectivity index (χ1v) is 10.1. The number of hydrogen-bond donors (Lipinski definition) is 1. The van der Waals surface area contributed by atoms with E-state index in [0.717, 1.165) is 11.1 Å². The Morgan fingerprint density at radius 3 is 2.61 bits per heavy atom. The molecule has 1 aromatic heterocycles. The van der Waals surface area contributed by atoms with Crippen LogP contribution < -0.4 is 10.2 Å². The first-order valence-electron chi connectivity index (χ1n) is 10.1. The average Bonchev–Trinajstić information content (AvgIpc) is 3.02. The van der Waals surface area contributed by atoms with Crippen molar-refractivity contribution < 1.29 is 23.8 Å². The molecule has 4 rings (SSSR count). The Kier molecular flexibility index (Phi) is 5.45. The van der Waals surface area contributed by atoms with Gasteiger partial charge in [0.05, 0.1) is 24.1 Å². The van der Waals surface area contributed by atoms with Gasteiger partial charge in [0.25, 0.3) is 5.91 Å². The fourth-order valence-corrected chi connectivity index (χ4v) is 4.30. The number of nitrogens with zero attached hydrogens (tertiary/aromatic N) is 1. The number of methoxy groups -OCH3 is 2. The number of aryl methyl sites for hydroxylation is 2. The maximum Gasteiger partial charge on any atom is 0.290 e. The number of rotatable bonds is 6. The lowest BCUT2D eigenvalue weighted by Crippen LogP contribution is -2.31. The number of benzene rings is 2. The van der Waals surface area contributed by atoms with Gasteiger partial charge in [0.2, 0.25) is 5.76 Å². The number of carbonyl (C=O) groups is 1. The van der Waals surface area contributed by atoms with Crippen molar-refractivity contribution in [2.75, 3.05) is 27.4 Å². The number of carbonyl (C=O) groups excluding carboxylic acids is 1. The summed E-state index contributed by atoms with van der Waals surface area (Å²) in [5.41, 5.74) is 2.94. The zero-order valence-electron chi connectivity index (χ0n) is 18.0. The Bertz CT molecular complexity index is 1230. The van der Waals surface area contributed by atoms with Crippen LogP contribution >= 0.6 is 0 Å². The third-order valence-corrected chi connectivity index (χ3v) is 5.66. The summed E-state index contributed by atoms with van der Waals surface area (Å²) in [5.74, 6) is -0.00772. The summed E-state index contributed by atoms with van der Waals surface area (Å²) in [7, 11) is 3.06. The van der Waals surface area contributed by atoms with Crippen molar-refractivity contribution in [3.8, 4) is 11.5 Å². The number of fused-ring (bicyclic) bond motifs is 2. The molecule has 1 N–H and O–H groups in total. The summed E-state index contributed by atoms with van der Waals surface area (Å²) in [6.07, 6.45) is 0.605. The minimum absolute atomic E-state index is 0.0153. The molecule has 0 bridgehead atoms. The highest BCUT2D eigenvalue weighted by atomic mass is 16.5. The molecule has 31 heavy (non-hydrogen) atoms. The maximum atomic E-state index is 13.6. The summed E-state index contributed by atoms with van der Waals surface area (Å²) < 4.78 is 16.4. The van der Waals surface area contributed by atoms with E-state index < -0.39 is 6.04 Å². The van der Waals surface area contributed by atoms with Crippen LogP contribution in [-0.4, -0.2) is 43.3 Å². The standard InChI is InChI=1S/C24H25NO6/c1-13-10-14(2)22-16(11-13)21(27)19-20(15-6-7-17(26)18(12-15)30-4)25(8-5-9-29-3)24(28)23(19)31-22/h6-7,10-12,20,26H,5,8-9H2,1-4H3. The van der Waals surface area contributed by atoms with E-state index in [1.807, 2.05) is 19.9 Å². The highest BCUT2D eigenvalue weighted by Gasteiger charge is 2.42. The lowest BCUT2D eigenvalue weighted by Gasteiger charge is -2.25. The molecule has 7 nitrogen and oxygen atoms in total. The Balaban J connectivity index is 1.96. The quantitative estimate of drug-likeness (QED) is 0.608. The fraction of sp³-hybridized carbons (Fsp3) is 0.333. The fourth-order valence-electron chi connectivity index (χ4n) is 4.30. The molecule has 1 unspecified atom stereocenters. The predicted octanol–water partition coefficient (Wildman–Crippen LogP) is 3.71. The van der Waals surface area contributed by atoms with Crippen LogP contribution in [0.5, 0.6) is 11.5 Å². The van der Waals surface area contributed by atoms with E-state index in [0.29, 0.717) is 41.7 Å². The van der Waals surface area contributed by atoms with E-state index in [1.165, 1.54) is 13.2 Å². The Labute approximate surface area is 179 Å². The Morgan fingerprint density at radius 1 is 1.13 bits per heavy atom. The molecular formula is C24H25NO6. The molecule has 0 spiro atoms. The summed E-state index contributed by atoms with van der Waals surface area (Å²) in [5, 5.41) is 10.5. The van der Waals surface area contributed by atoms with E-state index in [2.05, 4.69) is 0 Å². The lowest BCUT2D eigenvalue weighted by atomic mass is 9.97. The third-order valence-electron chi connectivity index (χ3n) is 5.66. The normalized spacial score (nSPS) is 15.5. The first kappa shape index (κ1) is 20.9. The SMILES string of the molecule is COCCCN1C(=O)c2oc3c(C)cc(C)cc3c(=O)c2C1c1ccc(O)c(OC)c1. The van der Waals surface area contributed by atoms with Crippen molar-refractivity contribution in [3.05, 3.63) is 68.6 Å². The minimum atomic E-state index is -0.643. The van der Waals surface area contributed by atoms with Crippen LogP contribution in [0, 0.1) is 13.8 Å². The van der Waals surface area contributed by atoms with E-state index in [-0.39, 0.29) is 28.6 Å². The van der Waals surface area contributed by atoms with E-state index in [9.17, 15) is 14.7 Å². The molecule has 2 aromatic carbocycles. The second-order valence-corrected chi connectivity index (χ2v) is 7.81. The minimum Gasteiger partial charge on any atom is -0.504 e. The molecule has 162 valence electrons. The van der Waals surface area contributed by atoms with Gasteiger partial charge < -0.3 is 23.9 Å². The van der Waals surface area contributed by atoms with Crippen LogP contribution in [-0.2, 0) is 4.74 Å². The summed E-state index contributed by atoms with van der Waals surface area (Å²) in [6, 6.07) is 7.92. The highest BCUT2D eigenvalue weighted by molar-refractivity contribution is 5.99. The van der Waals surface area contributed by atoms with Crippen molar-refractivity contribution >= 4 is 16.9 Å². The van der Waals surface area contributed by atoms with Gasteiger partial charge in [0, 0.05) is 20.3 Å². The Morgan fingerprint density at radius 2 is 1.90 bits per heavy atom. The van der Waals surface area contributed by atoms with Crippen molar-refractivity contribution in [3.63, 3.8) is 0 Å². The van der Waals surface area contributed by atoms with Gasteiger partial charge in [-0.1, -0.05) is 12.1 Å². The molecule has 1 aliphatic rings. The zero-order chi connectivity index (χ0) is 22.3. The molecule has 0 radical (unpaired) electrons. The Hall–Kier alpha value is -3.32. The largest absolute Gasteiger partial charge is 0.504 e. The molecule has 2 heterocycles. The number of ether oxygens (including phenoxy) is 2. The van der Waals surface area contributed by atoms with Gasteiger partial charge in [-0.3, -0.25) is 9.59 Å². The zero-order valence-corrected chi connectivity index (χ0v) is 18.0. The summed E-state index contributed by atoms with van der Waals surface area (Å²) in [6.45, 7) is 4.65. The van der Waals surface area contributed by atoms with Gasteiger partial charge in [-0.2, -0.15) is 0 Å². The molecule has 3 aromatic rings. The maximum absolute atomic E-state index is 13.6. The van der Waals surface area contributed by atoms with Gasteiger partial charge >= 0.3 is 0 Å². The topological polar surface area (TPSA) is 89.2 Å². The molecule has 1 amide bonds. The molecule has 0 fully saturated rings. The van der Waals surface area contributed by atoms with Crippen LogP contribution in [0.1, 0.15) is 45.3 Å². The first-order chi connectivity index (χ1) is 14.9. The summed E-state index contributed by atoms with van der Waals surface area (Å²) >= 11 is 0. The number of amides is 1. The van der Waals surface area contributed by atoms with Crippen LogP contribution in [0.25, 0.3) is 11.0 Å². The van der Waals surface area contributed by atoms with Crippen LogP contribution in [0.3, 0.4) is 0 Å². The second kappa shape index (κ2) is 8.07. The average molecular weight is 423 g/mol. The molecule has 1 atom stereocenters. The van der Waals surface area contributed by atoms with Gasteiger partial charge in [-0.05, 0) is 55.2 Å². The van der Waals surface area contributed by atoms with Crippen LogP contribution in [0.15, 0.2) is 39.5 Å². The van der Waals surface area contributed by atoms with Gasteiger partial charge in [-0.15, -0.1) is 0 Å².